The van der Waals surface area contributed by atoms with E-state index in [-0.39, 0.29) is 5.97 Å². The molecule has 0 amide bonds. The van der Waals surface area contributed by atoms with Crippen molar-refractivity contribution in [1.29, 1.82) is 0 Å². The topological polar surface area (TPSA) is 55.7 Å². The van der Waals surface area contributed by atoms with E-state index in [0.717, 1.165) is 5.56 Å². The van der Waals surface area contributed by atoms with Gasteiger partial charge in [0.15, 0.2) is 0 Å². The van der Waals surface area contributed by atoms with Crippen molar-refractivity contribution in [2.24, 2.45) is 4.99 Å². The molecule has 0 saturated carbocycles. The second kappa shape index (κ2) is 8.25. The number of carbonyl (C=O) groups is 1. The molecule has 0 atom stereocenters. The molecule has 1 rings (SSSR count). The molecule has 17 heavy (non-hydrogen) atoms. The first kappa shape index (κ1) is 13.1. The average Bonchev–Trinajstić information content (AvgIpc) is 2.37. The van der Waals surface area contributed by atoms with E-state index < -0.39 is 0 Å². The van der Waals surface area contributed by atoms with E-state index in [0.29, 0.717) is 32.4 Å². The molecule has 0 radical (unpaired) electrons. The smallest absolute Gasteiger partial charge is 0.306 e. The van der Waals surface area contributed by atoms with Gasteiger partial charge in [-0.3, -0.25) is 4.79 Å². The van der Waals surface area contributed by atoms with Crippen molar-refractivity contribution >= 4 is 12.0 Å². The van der Waals surface area contributed by atoms with Crippen LogP contribution in [0.15, 0.2) is 35.3 Å². The Morgan fingerprint density at radius 3 is 2.71 bits per heavy atom. The summed E-state index contributed by atoms with van der Waals surface area (Å²) in [5.41, 5.74) is 0.978. The Morgan fingerprint density at radius 1 is 1.24 bits per heavy atom. The van der Waals surface area contributed by atoms with Crippen LogP contribution < -0.4 is 0 Å². The van der Waals surface area contributed by atoms with E-state index in [2.05, 4.69) is 4.99 Å². The Kier molecular flexibility index (Phi) is 6.37. The largest absolute Gasteiger partial charge is 0.461 e. The van der Waals surface area contributed by atoms with Crippen LogP contribution in [0, 0.1) is 0 Å². The molecule has 0 heterocycles. The predicted molar refractivity (Wildman–Crippen MR) is 63.1 cm³/mol. The fourth-order valence-corrected chi connectivity index (χ4v) is 1.32. The zero-order valence-corrected chi connectivity index (χ0v) is 9.59. The van der Waals surface area contributed by atoms with Gasteiger partial charge in [0.05, 0.1) is 6.54 Å². The molecule has 0 aliphatic heterocycles. The van der Waals surface area contributed by atoms with Gasteiger partial charge >= 0.3 is 5.97 Å². The Labute approximate surface area is 100 Å². The van der Waals surface area contributed by atoms with Gasteiger partial charge in [-0.1, -0.05) is 30.3 Å². The highest BCUT2D eigenvalue weighted by atomic mass is 16.5. The molecule has 1 aromatic carbocycles. The lowest BCUT2D eigenvalue weighted by atomic mass is 10.2. The Balaban J connectivity index is 2.11. The minimum Gasteiger partial charge on any atom is -0.461 e. The van der Waals surface area contributed by atoms with E-state index >= 15 is 0 Å². The first-order chi connectivity index (χ1) is 8.33. The summed E-state index contributed by atoms with van der Waals surface area (Å²) in [7, 11) is 0. The highest BCUT2D eigenvalue weighted by molar-refractivity contribution is 5.69. The van der Waals surface area contributed by atoms with Gasteiger partial charge in [0.1, 0.15) is 6.61 Å². The number of rotatable bonds is 7. The van der Waals surface area contributed by atoms with Crippen LogP contribution in [0.25, 0.3) is 0 Å². The average molecular weight is 233 g/mol. The van der Waals surface area contributed by atoms with Crippen LogP contribution in [0.2, 0.25) is 0 Å². The molecule has 0 aromatic heterocycles. The standard InChI is InChI=1S/C13H15NO3/c15-11-14-9-5-4-8-13(16)17-10-12-6-2-1-3-7-12/h1-3,6-7H,4-5,8-10H2. The molecule has 0 aliphatic rings. The maximum atomic E-state index is 11.3. The van der Waals surface area contributed by atoms with Crippen molar-refractivity contribution in [3.63, 3.8) is 0 Å². The third-order valence-electron chi connectivity index (χ3n) is 2.21. The van der Waals surface area contributed by atoms with Crippen molar-refractivity contribution in [3.8, 4) is 0 Å². The number of ether oxygens (including phenoxy) is 1. The van der Waals surface area contributed by atoms with Gasteiger partial charge in [-0.2, -0.15) is 0 Å². The van der Waals surface area contributed by atoms with Gasteiger partial charge < -0.3 is 4.74 Å². The number of esters is 1. The molecular weight excluding hydrogens is 218 g/mol. The monoisotopic (exact) mass is 233 g/mol. The number of isocyanates is 1. The normalized spacial score (nSPS) is 9.41. The second-order valence-electron chi connectivity index (χ2n) is 3.58. The summed E-state index contributed by atoms with van der Waals surface area (Å²) in [6.45, 7) is 0.738. The van der Waals surface area contributed by atoms with Crippen LogP contribution in [0.3, 0.4) is 0 Å². The first-order valence-electron chi connectivity index (χ1n) is 5.56. The molecule has 4 nitrogen and oxygen atoms in total. The van der Waals surface area contributed by atoms with Crippen molar-refractivity contribution in [2.45, 2.75) is 25.9 Å². The number of aliphatic imine (C=N–C) groups is 1. The summed E-state index contributed by atoms with van der Waals surface area (Å²) in [5, 5.41) is 0. The summed E-state index contributed by atoms with van der Waals surface area (Å²) in [6, 6.07) is 9.54. The van der Waals surface area contributed by atoms with Crippen molar-refractivity contribution < 1.29 is 14.3 Å². The fourth-order valence-electron chi connectivity index (χ4n) is 1.32. The summed E-state index contributed by atoms with van der Waals surface area (Å²) < 4.78 is 5.09. The molecule has 0 bridgehead atoms. The quantitative estimate of drug-likeness (QED) is 0.314. The molecular formula is C13H15NO3. The summed E-state index contributed by atoms with van der Waals surface area (Å²) in [4.78, 5) is 24.5. The van der Waals surface area contributed by atoms with Crippen LogP contribution in [0.5, 0.6) is 0 Å². The Bertz CT molecular complexity index is 383. The van der Waals surface area contributed by atoms with Gasteiger partial charge in [0.2, 0.25) is 6.08 Å². The minimum atomic E-state index is -0.219. The molecule has 0 spiro atoms. The third kappa shape index (κ3) is 6.28. The van der Waals surface area contributed by atoms with Crippen LogP contribution >= 0.6 is 0 Å². The van der Waals surface area contributed by atoms with E-state index in [4.69, 9.17) is 4.74 Å². The van der Waals surface area contributed by atoms with Crippen LogP contribution in [-0.2, 0) is 20.9 Å². The zero-order valence-electron chi connectivity index (χ0n) is 9.59. The van der Waals surface area contributed by atoms with Crippen molar-refractivity contribution in [1.82, 2.24) is 0 Å². The number of unbranched alkanes of at least 4 members (excludes halogenated alkanes) is 1. The maximum Gasteiger partial charge on any atom is 0.306 e. The van der Waals surface area contributed by atoms with E-state index in [1.54, 1.807) is 0 Å². The van der Waals surface area contributed by atoms with Gasteiger partial charge in [0.25, 0.3) is 0 Å². The third-order valence-corrected chi connectivity index (χ3v) is 2.21. The zero-order chi connectivity index (χ0) is 12.3. The molecule has 0 aliphatic carbocycles. The molecule has 1 aromatic rings. The fraction of sp³-hybridized carbons (Fsp3) is 0.385. The molecule has 0 fully saturated rings. The van der Waals surface area contributed by atoms with Gasteiger partial charge in [0, 0.05) is 6.42 Å². The second-order valence-corrected chi connectivity index (χ2v) is 3.58. The molecule has 0 saturated heterocycles. The molecule has 90 valence electrons. The lowest BCUT2D eigenvalue weighted by molar-refractivity contribution is -0.145. The van der Waals surface area contributed by atoms with E-state index in [1.807, 2.05) is 30.3 Å². The van der Waals surface area contributed by atoms with Gasteiger partial charge in [-0.25, -0.2) is 9.79 Å². The maximum absolute atomic E-state index is 11.3. The van der Waals surface area contributed by atoms with Crippen molar-refractivity contribution in [3.05, 3.63) is 35.9 Å². The van der Waals surface area contributed by atoms with Gasteiger partial charge in [-0.05, 0) is 18.4 Å². The highest BCUT2D eigenvalue weighted by Crippen LogP contribution is 2.03. The summed E-state index contributed by atoms with van der Waals surface area (Å²) >= 11 is 0. The lowest BCUT2D eigenvalue weighted by Gasteiger charge is -2.04. The Hall–Kier alpha value is -1.93. The van der Waals surface area contributed by atoms with E-state index in [1.165, 1.54) is 6.08 Å². The predicted octanol–water partition coefficient (Wildman–Crippen LogP) is 2.24. The summed E-state index contributed by atoms with van der Waals surface area (Å²) in [6.07, 6.45) is 3.21. The molecule has 4 heteroatoms. The summed E-state index contributed by atoms with van der Waals surface area (Å²) in [5.74, 6) is -0.219. The highest BCUT2D eigenvalue weighted by Gasteiger charge is 2.02. The number of hydrogen-bond donors (Lipinski definition) is 0. The first-order valence-corrected chi connectivity index (χ1v) is 5.56. The number of benzene rings is 1. The number of hydrogen-bond acceptors (Lipinski definition) is 4. The van der Waals surface area contributed by atoms with Crippen molar-refractivity contribution in [2.75, 3.05) is 6.54 Å². The van der Waals surface area contributed by atoms with Crippen LogP contribution in [-0.4, -0.2) is 18.6 Å². The Morgan fingerprint density at radius 2 is 2.00 bits per heavy atom. The van der Waals surface area contributed by atoms with E-state index in [9.17, 15) is 9.59 Å². The number of carbonyl (C=O) groups excluding carboxylic acids is 2. The molecule has 0 N–H and O–H groups in total. The molecule has 0 unspecified atom stereocenters. The minimum absolute atomic E-state index is 0.219. The lowest BCUT2D eigenvalue weighted by Crippen LogP contribution is -2.04. The van der Waals surface area contributed by atoms with Gasteiger partial charge in [-0.15, -0.1) is 0 Å². The van der Waals surface area contributed by atoms with Crippen LogP contribution in [0.1, 0.15) is 24.8 Å². The number of nitrogens with zero attached hydrogens (tertiary/aromatic N) is 1. The SMILES string of the molecule is O=C=NCCCCC(=O)OCc1ccccc1. The van der Waals surface area contributed by atoms with Crippen LogP contribution in [0.4, 0.5) is 0 Å².